The zero-order valence-corrected chi connectivity index (χ0v) is 20.8. The number of rotatable bonds is 5. The van der Waals surface area contributed by atoms with Crippen molar-refractivity contribution in [1.82, 2.24) is 4.90 Å². The number of hydrogen-bond donors (Lipinski definition) is 1. The van der Waals surface area contributed by atoms with Crippen LogP contribution in [0.3, 0.4) is 0 Å². The van der Waals surface area contributed by atoms with Gasteiger partial charge in [-0.2, -0.15) is 0 Å². The van der Waals surface area contributed by atoms with E-state index in [1.807, 2.05) is 56.3 Å². The molecule has 35 heavy (non-hydrogen) atoms. The predicted octanol–water partition coefficient (Wildman–Crippen LogP) is 6.87. The Balaban J connectivity index is 0.000000519. The molecular weight excluding hydrogens is 458 g/mol. The minimum atomic E-state index is -0.250. The van der Waals surface area contributed by atoms with Crippen molar-refractivity contribution in [3.63, 3.8) is 0 Å². The molecule has 0 aliphatic carbocycles. The highest BCUT2D eigenvalue weighted by atomic mass is 35.5. The predicted molar refractivity (Wildman–Crippen MR) is 143 cm³/mol. The molecule has 4 nitrogen and oxygen atoms in total. The second-order valence-corrected chi connectivity index (χ2v) is 7.48. The van der Waals surface area contributed by atoms with Crippen LogP contribution in [0.4, 0.5) is 0 Å². The van der Waals surface area contributed by atoms with Crippen molar-refractivity contribution in [1.29, 1.82) is 0 Å². The number of carbonyl (C=O) groups is 1. The van der Waals surface area contributed by atoms with Gasteiger partial charge in [-0.25, -0.2) is 0 Å². The van der Waals surface area contributed by atoms with Gasteiger partial charge in [-0.15, -0.1) is 0 Å². The molecule has 3 rings (SSSR count). The highest BCUT2D eigenvalue weighted by Gasteiger charge is 2.24. The molecule has 0 saturated carbocycles. The van der Waals surface area contributed by atoms with E-state index >= 15 is 0 Å². The van der Waals surface area contributed by atoms with Gasteiger partial charge in [0.2, 0.25) is 0 Å². The molecular formula is C30H28ClNO3. The SMILES string of the molecule is C=C=C=C=C.C=C=C=C=C.Cc1cc(Cl)c2oc(C(=O)N(CCO)Cc3ccccc3)c(C)c2c1. The van der Waals surface area contributed by atoms with E-state index in [1.54, 1.807) is 4.90 Å². The van der Waals surface area contributed by atoms with Gasteiger partial charge >= 0.3 is 0 Å². The second kappa shape index (κ2) is 15.7. The fourth-order valence-corrected chi connectivity index (χ4v) is 3.37. The molecule has 0 spiro atoms. The van der Waals surface area contributed by atoms with E-state index < -0.39 is 0 Å². The average Bonchev–Trinajstić information content (AvgIpc) is 3.17. The molecule has 0 aliphatic rings. The van der Waals surface area contributed by atoms with Gasteiger partial charge in [0.15, 0.2) is 11.3 Å². The van der Waals surface area contributed by atoms with Crippen LogP contribution in [0.2, 0.25) is 5.02 Å². The molecule has 1 aromatic heterocycles. The first-order valence-corrected chi connectivity index (χ1v) is 10.9. The third-order valence-electron chi connectivity index (χ3n) is 4.56. The van der Waals surface area contributed by atoms with E-state index in [2.05, 4.69) is 60.7 Å². The summed E-state index contributed by atoms with van der Waals surface area (Å²) in [6.45, 7) is 17.2. The lowest BCUT2D eigenvalue weighted by atomic mass is 10.1. The first-order valence-electron chi connectivity index (χ1n) is 10.6. The lowest BCUT2D eigenvalue weighted by Crippen LogP contribution is -2.33. The van der Waals surface area contributed by atoms with Gasteiger partial charge in [0.25, 0.3) is 5.91 Å². The lowest BCUT2D eigenvalue weighted by Gasteiger charge is -2.21. The summed E-state index contributed by atoms with van der Waals surface area (Å²) in [6, 6.07) is 13.4. The zero-order valence-electron chi connectivity index (χ0n) is 20.1. The van der Waals surface area contributed by atoms with Gasteiger partial charge in [0.05, 0.1) is 11.6 Å². The third kappa shape index (κ3) is 8.96. The number of halogens is 1. The molecule has 2 aromatic carbocycles. The van der Waals surface area contributed by atoms with Crippen molar-refractivity contribution in [2.24, 2.45) is 0 Å². The van der Waals surface area contributed by atoms with E-state index in [9.17, 15) is 9.90 Å². The number of hydrogen-bond acceptors (Lipinski definition) is 3. The fourth-order valence-electron chi connectivity index (χ4n) is 3.06. The third-order valence-corrected chi connectivity index (χ3v) is 4.84. The van der Waals surface area contributed by atoms with Gasteiger partial charge in [-0.1, -0.05) is 64.9 Å². The zero-order chi connectivity index (χ0) is 26.2. The van der Waals surface area contributed by atoms with Crippen LogP contribution in [0.15, 0.2) is 108 Å². The number of nitrogens with zero attached hydrogens (tertiary/aromatic N) is 1. The Bertz CT molecular complexity index is 1310. The van der Waals surface area contributed by atoms with E-state index in [0.717, 1.165) is 22.1 Å². The van der Waals surface area contributed by atoms with Crippen LogP contribution in [0.1, 0.15) is 27.2 Å². The Kier molecular flexibility index (Phi) is 12.9. The molecule has 0 aliphatic heterocycles. The van der Waals surface area contributed by atoms with Crippen LogP contribution in [-0.4, -0.2) is 29.1 Å². The highest BCUT2D eigenvalue weighted by molar-refractivity contribution is 6.35. The lowest BCUT2D eigenvalue weighted by molar-refractivity contribution is 0.0677. The van der Waals surface area contributed by atoms with Crippen LogP contribution in [0.25, 0.3) is 11.0 Å². The molecule has 0 atom stereocenters. The second-order valence-electron chi connectivity index (χ2n) is 7.07. The Morgan fingerprint density at radius 2 is 1.57 bits per heavy atom. The minimum Gasteiger partial charge on any atom is -0.449 e. The van der Waals surface area contributed by atoms with Crippen molar-refractivity contribution in [3.05, 3.63) is 131 Å². The molecule has 0 saturated heterocycles. The Morgan fingerprint density at radius 3 is 2.06 bits per heavy atom. The maximum absolute atomic E-state index is 13.0. The van der Waals surface area contributed by atoms with Crippen LogP contribution in [0.5, 0.6) is 0 Å². The summed E-state index contributed by atoms with van der Waals surface area (Å²) in [5, 5.41) is 10.7. The number of aliphatic hydroxyl groups is 1. The maximum atomic E-state index is 13.0. The summed E-state index contributed by atoms with van der Waals surface area (Å²) >= 11 is 6.26. The Hall–Kier alpha value is -4.14. The maximum Gasteiger partial charge on any atom is 0.290 e. The summed E-state index contributed by atoms with van der Waals surface area (Å²) in [5.74, 6) is 0.0206. The minimum absolute atomic E-state index is 0.113. The molecule has 1 heterocycles. The van der Waals surface area contributed by atoms with E-state index in [4.69, 9.17) is 16.0 Å². The molecule has 1 N–H and O–H groups in total. The number of benzene rings is 2. The number of aliphatic hydroxyl groups excluding tert-OH is 1. The monoisotopic (exact) mass is 485 g/mol. The summed E-state index contributed by atoms with van der Waals surface area (Å²) < 4.78 is 5.81. The first kappa shape index (κ1) is 28.9. The van der Waals surface area contributed by atoms with Gasteiger partial charge in [0.1, 0.15) is 0 Å². The molecule has 1 amide bonds. The van der Waals surface area contributed by atoms with Crippen LogP contribution in [-0.2, 0) is 6.54 Å². The molecule has 178 valence electrons. The van der Waals surface area contributed by atoms with Crippen molar-refractivity contribution in [2.45, 2.75) is 20.4 Å². The van der Waals surface area contributed by atoms with E-state index in [1.165, 1.54) is 0 Å². The quantitative estimate of drug-likeness (QED) is 0.401. The largest absolute Gasteiger partial charge is 0.449 e. The summed E-state index contributed by atoms with van der Waals surface area (Å²) in [6.07, 6.45) is 0. The highest BCUT2D eigenvalue weighted by Crippen LogP contribution is 2.32. The molecule has 5 heteroatoms. The number of aryl methyl sites for hydroxylation is 2. The van der Waals surface area contributed by atoms with Gasteiger partial charge in [-0.3, -0.25) is 4.79 Å². The van der Waals surface area contributed by atoms with Gasteiger partial charge < -0.3 is 14.4 Å². The number of carbonyl (C=O) groups excluding carboxylic acids is 1. The van der Waals surface area contributed by atoms with E-state index in [-0.39, 0.29) is 24.8 Å². The van der Waals surface area contributed by atoms with Crippen LogP contribution < -0.4 is 0 Å². The normalized spacial score (nSPS) is 8.80. The number of furan rings is 1. The van der Waals surface area contributed by atoms with Crippen LogP contribution in [0, 0.1) is 13.8 Å². The summed E-state index contributed by atoms with van der Waals surface area (Å²) in [4.78, 5) is 14.6. The van der Waals surface area contributed by atoms with Gasteiger partial charge in [0, 0.05) is 24.0 Å². The molecule has 0 bridgehead atoms. The first-order chi connectivity index (χ1) is 16.8. The number of amides is 1. The molecule has 0 unspecified atom stereocenters. The van der Waals surface area contributed by atoms with Crippen molar-refractivity contribution < 1.29 is 14.3 Å². The average molecular weight is 486 g/mol. The number of fused-ring (bicyclic) bond motifs is 1. The van der Waals surface area contributed by atoms with Crippen LogP contribution >= 0.6 is 11.6 Å². The van der Waals surface area contributed by atoms with Gasteiger partial charge in [-0.05, 0) is 74.9 Å². The smallest absolute Gasteiger partial charge is 0.290 e. The summed E-state index contributed by atoms with van der Waals surface area (Å²) in [7, 11) is 0. The molecule has 0 fully saturated rings. The summed E-state index contributed by atoms with van der Waals surface area (Å²) in [5.41, 5.74) is 17.4. The van der Waals surface area contributed by atoms with Crippen molar-refractivity contribution in [3.8, 4) is 0 Å². The standard InChI is InChI=1S/C20H20ClNO3.2C5H4/c1-13-10-16-14(2)18(25-19(16)17(21)11-13)20(24)22(8-9-23)12-15-6-4-3-5-7-15;2*1-3-5-4-2/h3-7,10-11,23H,8-9,12H2,1-2H3;2*1-2H2. The Labute approximate surface area is 211 Å². The van der Waals surface area contributed by atoms with E-state index in [0.29, 0.717) is 17.2 Å². The molecule has 0 radical (unpaired) electrons. The van der Waals surface area contributed by atoms with Crippen molar-refractivity contribution >= 4 is 28.5 Å². The molecule has 3 aromatic rings. The topological polar surface area (TPSA) is 53.7 Å². The van der Waals surface area contributed by atoms with Crippen molar-refractivity contribution in [2.75, 3.05) is 13.2 Å². The Morgan fingerprint density at radius 1 is 1.00 bits per heavy atom. The fraction of sp³-hybridized carbons (Fsp3) is 0.167.